The molecule has 0 radical (unpaired) electrons. The Morgan fingerprint density at radius 1 is 1.50 bits per heavy atom. The molecule has 1 saturated heterocycles. The first-order valence-corrected chi connectivity index (χ1v) is 8.53. The molecule has 1 atom stereocenters. The number of rotatable bonds is 7. The van der Waals surface area contributed by atoms with E-state index in [1.165, 1.54) is 18.6 Å². The van der Waals surface area contributed by atoms with Crippen LogP contribution in [0.2, 0.25) is 0 Å². The van der Waals surface area contributed by atoms with E-state index in [0.29, 0.717) is 0 Å². The van der Waals surface area contributed by atoms with Gasteiger partial charge < -0.3 is 15.2 Å². The third-order valence-electron chi connectivity index (χ3n) is 3.27. The van der Waals surface area contributed by atoms with Crippen molar-refractivity contribution in [3.05, 3.63) is 18.7 Å². The van der Waals surface area contributed by atoms with Crippen LogP contribution in [0.4, 0.5) is 0 Å². The number of nitrogens with zero attached hydrogens (tertiary/aromatic N) is 3. The van der Waals surface area contributed by atoms with Crippen molar-refractivity contribution in [3.8, 4) is 0 Å². The van der Waals surface area contributed by atoms with Gasteiger partial charge in [0.05, 0.1) is 12.9 Å². The van der Waals surface area contributed by atoms with Crippen LogP contribution < -0.4 is 10.6 Å². The number of hydrogen-bond acceptors (Lipinski definition) is 3. The monoisotopic (exact) mass is 295 g/mol. The molecule has 0 amide bonds. The van der Waals surface area contributed by atoms with Crippen molar-refractivity contribution in [2.24, 2.45) is 4.99 Å². The number of aromatic nitrogens is 2. The molecule has 1 unspecified atom stereocenters. The Morgan fingerprint density at radius 3 is 3.15 bits per heavy atom. The Balaban J connectivity index is 1.66. The lowest BCUT2D eigenvalue weighted by molar-refractivity contribution is 0.624. The minimum Gasteiger partial charge on any atom is -0.357 e. The fourth-order valence-electron chi connectivity index (χ4n) is 2.21. The largest absolute Gasteiger partial charge is 0.357 e. The SMILES string of the molecule is CCNC(=NCC1CCCS1)NCCCn1ccnc1. The lowest BCUT2D eigenvalue weighted by Crippen LogP contribution is -2.38. The van der Waals surface area contributed by atoms with E-state index in [9.17, 15) is 0 Å². The minimum absolute atomic E-state index is 0.719. The van der Waals surface area contributed by atoms with E-state index >= 15 is 0 Å². The molecule has 0 bridgehead atoms. The third kappa shape index (κ3) is 5.45. The Labute approximate surface area is 125 Å². The maximum atomic E-state index is 4.68. The van der Waals surface area contributed by atoms with Gasteiger partial charge in [0.1, 0.15) is 0 Å². The fraction of sp³-hybridized carbons (Fsp3) is 0.714. The summed E-state index contributed by atoms with van der Waals surface area (Å²) in [5.74, 6) is 2.25. The summed E-state index contributed by atoms with van der Waals surface area (Å²) < 4.78 is 2.10. The Hall–Kier alpha value is -1.17. The highest BCUT2D eigenvalue weighted by Gasteiger charge is 2.14. The van der Waals surface area contributed by atoms with Gasteiger partial charge in [-0.2, -0.15) is 11.8 Å². The van der Waals surface area contributed by atoms with Crippen molar-refractivity contribution in [1.82, 2.24) is 20.2 Å². The fourth-order valence-corrected chi connectivity index (χ4v) is 3.39. The highest BCUT2D eigenvalue weighted by molar-refractivity contribution is 8.00. The third-order valence-corrected chi connectivity index (χ3v) is 4.65. The molecule has 5 nitrogen and oxygen atoms in total. The Bertz CT molecular complexity index is 384. The van der Waals surface area contributed by atoms with Crippen LogP contribution in [-0.4, -0.2) is 46.1 Å². The number of hydrogen-bond donors (Lipinski definition) is 2. The summed E-state index contributed by atoms with van der Waals surface area (Å²) in [5.41, 5.74) is 0. The van der Waals surface area contributed by atoms with Crippen molar-refractivity contribution in [2.75, 3.05) is 25.4 Å². The lowest BCUT2D eigenvalue weighted by atomic mass is 10.2. The van der Waals surface area contributed by atoms with Crippen LogP contribution >= 0.6 is 11.8 Å². The average Bonchev–Trinajstić information content (AvgIpc) is 3.13. The summed E-state index contributed by atoms with van der Waals surface area (Å²) in [5, 5.41) is 7.43. The van der Waals surface area contributed by atoms with Gasteiger partial charge in [-0.15, -0.1) is 0 Å². The first kappa shape index (κ1) is 15.2. The van der Waals surface area contributed by atoms with Gasteiger partial charge in [0, 0.05) is 37.3 Å². The van der Waals surface area contributed by atoms with E-state index in [2.05, 4.69) is 43.9 Å². The van der Waals surface area contributed by atoms with Gasteiger partial charge in [-0.3, -0.25) is 4.99 Å². The molecule has 1 aromatic heterocycles. The number of aryl methyl sites for hydroxylation is 1. The van der Waals surface area contributed by atoms with E-state index in [1.807, 2.05) is 18.7 Å². The second-order valence-electron chi connectivity index (χ2n) is 4.94. The van der Waals surface area contributed by atoms with Crippen molar-refractivity contribution < 1.29 is 0 Å². The maximum Gasteiger partial charge on any atom is 0.191 e. The molecule has 20 heavy (non-hydrogen) atoms. The molecular weight excluding hydrogens is 270 g/mol. The molecule has 0 saturated carbocycles. The van der Waals surface area contributed by atoms with E-state index < -0.39 is 0 Å². The van der Waals surface area contributed by atoms with Gasteiger partial charge in [0.25, 0.3) is 0 Å². The molecule has 6 heteroatoms. The van der Waals surface area contributed by atoms with Crippen molar-refractivity contribution in [3.63, 3.8) is 0 Å². The van der Waals surface area contributed by atoms with Crippen LogP contribution in [0.3, 0.4) is 0 Å². The molecule has 1 aliphatic rings. The van der Waals surface area contributed by atoms with E-state index in [1.54, 1.807) is 0 Å². The van der Waals surface area contributed by atoms with Gasteiger partial charge in [-0.1, -0.05) is 0 Å². The molecule has 112 valence electrons. The van der Waals surface area contributed by atoms with Gasteiger partial charge in [0.2, 0.25) is 0 Å². The number of thioether (sulfide) groups is 1. The molecule has 1 aromatic rings. The summed E-state index contributed by atoms with van der Waals surface area (Å²) in [6.45, 7) is 5.87. The van der Waals surface area contributed by atoms with Gasteiger partial charge >= 0.3 is 0 Å². The molecule has 2 heterocycles. The first-order chi connectivity index (χ1) is 9.88. The summed E-state index contributed by atoms with van der Waals surface area (Å²) >= 11 is 2.06. The second kappa shape index (κ2) is 8.89. The molecule has 0 spiro atoms. The quantitative estimate of drug-likeness (QED) is 0.457. The van der Waals surface area contributed by atoms with Crippen LogP contribution in [0.15, 0.2) is 23.7 Å². The lowest BCUT2D eigenvalue weighted by Gasteiger charge is -2.12. The first-order valence-electron chi connectivity index (χ1n) is 7.48. The van der Waals surface area contributed by atoms with E-state index in [0.717, 1.165) is 43.8 Å². The Morgan fingerprint density at radius 2 is 2.45 bits per heavy atom. The molecular formula is C14H25N5S. The normalized spacial score (nSPS) is 19.2. The topological polar surface area (TPSA) is 54.2 Å². The van der Waals surface area contributed by atoms with Gasteiger partial charge in [0.15, 0.2) is 5.96 Å². The minimum atomic E-state index is 0.719. The van der Waals surface area contributed by atoms with Crippen LogP contribution in [0, 0.1) is 0 Å². The van der Waals surface area contributed by atoms with Gasteiger partial charge in [-0.05, 0) is 31.9 Å². The molecule has 0 aliphatic carbocycles. The van der Waals surface area contributed by atoms with Crippen molar-refractivity contribution >= 4 is 17.7 Å². The standard InChI is InChI=1S/C14H25N5S/c1-2-16-14(18-11-13-5-3-10-20-13)17-6-4-8-19-9-7-15-12-19/h7,9,12-13H,2-6,8,10-11H2,1H3,(H2,16,17,18). The maximum absolute atomic E-state index is 4.68. The highest BCUT2D eigenvalue weighted by Crippen LogP contribution is 2.25. The number of imidazole rings is 1. The van der Waals surface area contributed by atoms with Crippen LogP contribution in [-0.2, 0) is 6.54 Å². The van der Waals surface area contributed by atoms with Gasteiger partial charge in [-0.25, -0.2) is 4.98 Å². The zero-order chi connectivity index (χ0) is 14.0. The molecule has 2 rings (SSSR count). The zero-order valence-corrected chi connectivity index (χ0v) is 13.0. The smallest absolute Gasteiger partial charge is 0.191 e. The molecule has 1 fully saturated rings. The van der Waals surface area contributed by atoms with Crippen LogP contribution in [0.25, 0.3) is 0 Å². The van der Waals surface area contributed by atoms with E-state index in [-0.39, 0.29) is 0 Å². The molecule has 0 aromatic carbocycles. The van der Waals surface area contributed by atoms with Crippen LogP contribution in [0.5, 0.6) is 0 Å². The highest BCUT2D eigenvalue weighted by atomic mass is 32.2. The number of guanidine groups is 1. The van der Waals surface area contributed by atoms with Crippen LogP contribution in [0.1, 0.15) is 26.2 Å². The number of aliphatic imine (C=N–C) groups is 1. The number of nitrogens with one attached hydrogen (secondary N) is 2. The molecule has 1 aliphatic heterocycles. The predicted molar refractivity (Wildman–Crippen MR) is 86.3 cm³/mol. The Kier molecular flexibility index (Phi) is 6.77. The van der Waals surface area contributed by atoms with Crippen molar-refractivity contribution in [1.29, 1.82) is 0 Å². The second-order valence-corrected chi connectivity index (χ2v) is 6.34. The summed E-state index contributed by atoms with van der Waals surface area (Å²) in [7, 11) is 0. The average molecular weight is 295 g/mol. The molecule has 2 N–H and O–H groups in total. The summed E-state index contributed by atoms with van der Waals surface area (Å²) in [6.07, 6.45) is 9.40. The predicted octanol–water partition coefficient (Wildman–Crippen LogP) is 1.72. The van der Waals surface area contributed by atoms with Crippen molar-refractivity contribution in [2.45, 2.75) is 38.0 Å². The summed E-state index contributed by atoms with van der Waals surface area (Å²) in [6, 6.07) is 0. The van der Waals surface area contributed by atoms with E-state index in [4.69, 9.17) is 0 Å². The summed E-state index contributed by atoms with van der Waals surface area (Å²) in [4.78, 5) is 8.73. The zero-order valence-electron chi connectivity index (χ0n) is 12.2.